The smallest absolute Gasteiger partial charge is 0.335 e. The summed E-state index contributed by atoms with van der Waals surface area (Å²) in [5.74, 6) is 0.0347. The third-order valence-electron chi connectivity index (χ3n) is 2.95. The average Bonchev–Trinajstić information content (AvgIpc) is 3.08. The van der Waals surface area contributed by atoms with Crippen molar-refractivity contribution in [1.82, 2.24) is 5.32 Å². The summed E-state index contributed by atoms with van der Waals surface area (Å²) < 4.78 is 0. The van der Waals surface area contributed by atoms with Crippen LogP contribution >= 0.6 is 0 Å². The van der Waals surface area contributed by atoms with Crippen molar-refractivity contribution < 1.29 is 9.90 Å². The molecular weight excluding hydrogens is 202 g/mol. The zero-order valence-corrected chi connectivity index (χ0v) is 9.28. The van der Waals surface area contributed by atoms with Crippen LogP contribution in [0.3, 0.4) is 0 Å². The molecule has 0 saturated heterocycles. The summed E-state index contributed by atoms with van der Waals surface area (Å²) in [6.07, 6.45) is 3.48. The van der Waals surface area contributed by atoms with Gasteiger partial charge in [0.2, 0.25) is 0 Å². The lowest BCUT2D eigenvalue weighted by Gasteiger charge is -2.06. The molecule has 3 heteroatoms. The number of hydrogen-bond donors (Lipinski definition) is 2. The summed E-state index contributed by atoms with van der Waals surface area (Å²) in [4.78, 5) is 11.0. The second-order valence-electron chi connectivity index (χ2n) is 4.36. The molecule has 1 aromatic rings. The van der Waals surface area contributed by atoms with Crippen molar-refractivity contribution in [3.8, 4) is 0 Å². The number of carbonyl (C=O) groups is 1. The Morgan fingerprint density at radius 1 is 1.38 bits per heavy atom. The third-order valence-corrected chi connectivity index (χ3v) is 2.95. The van der Waals surface area contributed by atoms with Gasteiger partial charge in [-0.25, -0.2) is 4.79 Å². The summed E-state index contributed by atoms with van der Waals surface area (Å²) in [6.45, 7) is 1.94. The van der Waals surface area contributed by atoms with E-state index in [4.69, 9.17) is 5.11 Å². The number of nitrogens with one attached hydrogen (secondary N) is 1. The Kier molecular flexibility index (Phi) is 3.57. The number of rotatable bonds is 6. The van der Waals surface area contributed by atoms with Crippen LogP contribution in [0.2, 0.25) is 0 Å². The fourth-order valence-corrected chi connectivity index (χ4v) is 1.80. The lowest BCUT2D eigenvalue weighted by atomic mass is 10.0. The maximum Gasteiger partial charge on any atom is 0.335 e. The lowest BCUT2D eigenvalue weighted by molar-refractivity contribution is 0.0695. The molecule has 0 aliphatic heterocycles. The molecule has 2 N–H and O–H groups in total. The van der Waals surface area contributed by atoms with Crippen LogP contribution in [0.1, 0.15) is 28.8 Å². The van der Waals surface area contributed by atoms with Gasteiger partial charge in [-0.05, 0) is 49.9 Å². The van der Waals surface area contributed by atoms with Gasteiger partial charge in [0, 0.05) is 0 Å². The highest BCUT2D eigenvalue weighted by Crippen LogP contribution is 2.27. The number of aromatic carboxylic acids is 1. The first-order valence-electron chi connectivity index (χ1n) is 5.79. The van der Waals surface area contributed by atoms with E-state index < -0.39 is 5.97 Å². The highest BCUT2D eigenvalue weighted by atomic mass is 16.4. The van der Waals surface area contributed by atoms with E-state index in [0.717, 1.165) is 31.0 Å². The van der Waals surface area contributed by atoms with Crippen molar-refractivity contribution in [3.05, 3.63) is 35.4 Å². The van der Waals surface area contributed by atoms with Crippen LogP contribution in [-0.4, -0.2) is 24.2 Å². The van der Waals surface area contributed by atoms with Crippen LogP contribution in [0.4, 0.5) is 0 Å². The van der Waals surface area contributed by atoms with Crippen LogP contribution in [-0.2, 0) is 6.42 Å². The van der Waals surface area contributed by atoms with Gasteiger partial charge >= 0.3 is 5.97 Å². The molecule has 86 valence electrons. The van der Waals surface area contributed by atoms with E-state index in [-0.39, 0.29) is 0 Å². The number of hydrogen-bond acceptors (Lipinski definition) is 2. The van der Waals surface area contributed by atoms with Crippen molar-refractivity contribution >= 4 is 5.97 Å². The summed E-state index contributed by atoms with van der Waals surface area (Å²) >= 11 is 0. The maximum atomic E-state index is 11.0. The maximum absolute atomic E-state index is 11.0. The Bertz CT molecular complexity index is 372. The van der Waals surface area contributed by atoms with Gasteiger partial charge in [-0.1, -0.05) is 18.2 Å². The third kappa shape index (κ3) is 3.07. The number of carboxylic acids is 1. The molecule has 0 spiro atoms. The minimum atomic E-state index is -0.835. The molecule has 0 radical (unpaired) electrons. The second kappa shape index (κ2) is 5.12. The number of carboxylic acid groups (broad SMARTS) is 1. The summed E-state index contributed by atoms with van der Waals surface area (Å²) in [6, 6.07) is 7.22. The summed E-state index contributed by atoms with van der Waals surface area (Å²) in [5, 5.41) is 12.4. The van der Waals surface area contributed by atoms with Crippen molar-refractivity contribution in [2.75, 3.05) is 13.1 Å². The SMILES string of the molecule is O=C(O)c1ccccc1CCNCC1CC1. The zero-order chi connectivity index (χ0) is 11.4. The minimum absolute atomic E-state index is 0.427. The fourth-order valence-electron chi connectivity index (χ4n) is 1.80. The molecule has 0 unspecified atom stereocenters. The molecule has 1 fully saturated rings. The molecule has 1 aliphatic carbocycles. The Hall–Kier alpha value is -1.35. The van der Waals surface area contributed by atoms with Crippen molar-refractivity contribution in [2.45, 2.75) is 19.3 Å². The topological polar surface area (TPSA) is 49.3 Å². The number of benzene rings is 1. The quantitative estimate of drug-likeness (QED) is 0.719. The zero-order valence-electron chi connectivity index (χ0n) is 9.28. The van der Waals surface area contributed by atoms with Crippen LogP contribution < -0.4 is 5.32 Å². The molecule has 1 saturated carbocycles. The van der Waals surface area contributed by atoms with Gasteiger partial charge in [0.25, 0.3) is 0 Å². The molecule has 0 heterocycles. The van der Waals surface area contributed by atoms with Crippen LogP contribution in [0, 0.1) is 5.92 Å². The monoisotopic (exact) mass is 219 g/mol. The van der Waals surface area contributed by atoms with Crippen molar-refractivity contribution in [2.24, 2.45) is 5.92 Å². The Labute approximate surface area is 95.5 Å². The molecule has 0 bridgehead atoms. The van der Waals surface area contributed by atoms with Gasteiger partial charge in [-0.2, -0.15) is 0 Å². The molecule has 1 aliphatic rings. The molecule has 0 amide bonds. The van der Waals surface area contributed by atoms with Crippen LogP contribution in [0.25, 0.3) is 0 Å². The normalized spacial score (nSPS) is 15.0. The Balaban J connectivity index is 1.84. The minimum Gasteiger partial charge on any atom is -0.478 e. The first kappa shape index (κ1) is 11.1. The largest absolute Gasteiger partial charge is 0.478 e. The van der Waals surface area contributed by atoms with Crippen LogP contribution in [0.5, 0.6) is 0 Å². The summed E-state index contributed by atoms with van der Waals surface area (Å²) in [7, 11) is 0. The highest BCUT2D eigenvalue weighted by Gasteiger charge is 2.20. The van der Waals surface area contributed by atoms with Gasteiger partial charge < -0.3 is 10.4 Å². The molecule has 16 heavy (non-hydrogen) atoms. The first-order valence-corrected chi connectivity index (χ1v) is 5.79. The molecular formula is C13H17NO2. The predicted molar refractivity (Wildman–Crippen MR) is 62.7 cm³/mol. The van der Waals surface area contributed by atoms with Gasteiger partial charge in [0.15, 0.2) is 0 Å². The lowest BCUT2D eigenvalue weighted by Crippen LogP contribution is -2.20. The van der Waals surface area contributed by atoms with E-state index >= 15 is 0 Å². The summed E-state index contributed by atoms with van der Waals surface area (Å²) in [5.41, 5.74) is 1.34. The Morgan fingerprint density at radius 2 is 2.12 bits per heavy atom. The van der Waals surface area contributed by atoms with Crippen LogP contribution in [0.15, 0.2) is 24.3 Å². The van der Waals surface area contributed by atoms with E-state index in [9.17, 15) is 4.79 Å². The van der Waals surface area contributed by atoms with E-state index in [1.54, 1.807) is 12.1 Å². The van der Waals surface area contributed by atoms with Gasteiger partial charge in [0.05, 0.1) is 5.56 Å². The van der Waals surface area contributed by atoms with Crippen molar-refractivity contribution in [1.29, 1.82) is 0 Å². The fraction of sp³-hybridized carbons (Fsp3) is 0.462. The van der Waals surface area contributed by atoms with Gasteiger partial charge in [-0.15, -0.1) is 0 Å². The van der Waals surface area contributed by atoms with Crippen molar-refractivity contribution in [3.63, 3.8) is 0 Å². The first-order chi connectivity index (χ1) is 7.77. The second-order valence-corrected chi connectivity index (χ2v) is 4.36. The van der Waals surface area contributed by atoms with Gasteiger partial charge in [0.1, 0.15) is 0 Å². The van der Waals surface area contributed by atoms with E-state index in [0.29, 0.717) is 5.56 Å². The average molecular weight is 219 g/mol. The van der Waals surface area contributed by atoms with E-state index in [1.165, 1.54) is 12.8 Å². The molecule has 1 aromatic carbocycles. The molecule has 3 nitrogen and oxygen atoms in total. The van der Waals surface area contributed by atoms with E-state index in [1.807, 2.05) is 12.1 Å². The standard InChI is InChI=1S/C13H17NO2/c15-13(16)12-4-2-1-3-11(12)7-8-14-9-10-5-6-10/h1-4,10,14H,5-9H2,(H,15,16). The van der Waals surface area contributed by atoms with Gasteiger partial charge in [-0.3, -0.25) is 0 Å². The Morgan fingerprint density at radius 3 is 2.81 bits per heavy atom. The predicted octanol–water partition coefficient (Wildman–Crippen LogP) is 1.93. The van der Waals surface area contributed by atoms with E-state index in [2.05, 4.69) is 5.32 Å². The molecule has 2 rings (SSSR count). The molecule has 0 atom stereocenters. The highest BCUT2D eigenvalue weighted by molar-refractivity contribution is 5.89. The molecule has 0 aromatic heterocycles.